The number of rotatable bonds is 13. The fourth-order valence-corrected chi connectivity index (χ4v) is 2.91. The van der Waals surface area contributed by atoms with Gasteiger partial charge in [-0.2, -0.15) is 0 Å². The Balaban J connectivity index is 2.47. The highest BCUT2D eigenvalue weighted by Crippen LogP contribution is 2.19. The Bertz CT molecular complexity index is 522. The Labute approximate surface area is 144 Å². The van der Waals surface area contributed by atoms with Crippen molar-refractivity contribution in [3.63, 3.8) is 0 Å². The van der Waals surface area contributed by atoms with Gasteiger partial charge in [0.2, 0.25) is 0 Å². The Morgan fingerprint density at radius 1 is 0.792 bits per heavy atom. The van der Waals surface area contributed by atoms with E-state index in [1.54, 1.807) is 0 Å². The van der Waals surface area contributed by atoms with Gasteiger partial charge in [-0.1, -0.05) is 38.0 Å². The summed E-state index contributed by atoms with van der Waals surface area (Å²) in [6.07, 6.45) is 8.94. The van der Waals surface area contributed by atoms with Crippen molar-refractivity contribution in [2.75, 3.05) is 0 Å². The first kappa shape index (κ1) is 20.2. The molecule has 1 aromatic carbocycles. The first-order valence-corrected chi connectivity index (χ1v) is 9.07. The van der Waals surface area contributed by atoms with Gasteiger partial charge in [0.25, 0.3) is 0 Å². The van der Waals surface area contributed by atoms with Gasteiger partial charge < -0.3 is 10.2 Å². The predicted molar refractivity (Wildman–Crippen MR) is 95.4 cm³/mol. The number of aryl methyl sites for hydroxylation is 3. The Morgan fingerprint density at radius 2 is 1.33 bits per heavy atom. The van der Waals surface area contributed by atoms with Crippen LogP contribution in [0, 0.1) is 0 Å². The molecule has 1 rings (SSSR count). The van der Waals surface area contributed by atoms with Crippen LogP contribution < -0.4 is 0 Å². The molecular weight excluding hydrogens is 304 g/mol. The summed E-state index contributed by atoms with van der Waals surface area (Å²) in [6.45, 7) is 2.15. The van der Waals surface area contributed by atoms with E-state index in [-0.39, 0.29) is 12.8 Å². The second-order valence-corrected chi connectivity index (χ2v) is 6.37. The molecule has 0 aliphatic rings. The number of benzene rings is 1. The van der Waals surface area contributed by atoms with Crippen molar-refractivity contribution in [1.82, 2.24) is 0 Å². The van der Waals surface area contributed by atoms with Gasteiger partial charge in [0, 0.05) is 12.8 Å². The molecule has 4 heteroatoms. The molecule has 0 amide bonds. The second kappa shape index (κ2) is 11.7. The van der Waals surface area contributed by atoms with E-state index in [0.717, 1.165) is 57.8 Å². The zero-order valence-electron chi connectivity index (χ0n) is 14.7. The van der Waals surface area contributed by atoms with Crippen LogP contribution >= 0.6 is 0 Å². The van der Waals surface area contributed by atoms with E-state index in [1.165, 1.54) is 16.7 Å². The van der Waals surface area contributed by atoms with Crippen LogP contribution in [0.5, 0.6) is 0 Å². The van der Waals surface area contributed by atoms with Gasteiger partial charge in [0.05, 0.1) is 0 Å². The second-order valence-electron chi connectivity index (χ2n) is 6.37. The van der Waals surface area contributed by atoms with E-state index >= 15 is 0 Å². The molecule has 24 heavy (non-hydrogen) atoms. The van der Waals surface area contributed by atoms with E-state index in [9.17, 15) is 9.59 Å². The quantitative estimate of drug-likeness (QED) is 0.516. The Morgan fingerprint density at radius 3 is 1.83 bits per heavy atom. The number of unbranched alkanes of at least 4 members (excludes halogenated alkanes) is 4. The molecule has 4 nitrogen and oxygen atoms in total. The highest BCUT2D eigenvalue weighted by Gasteiger charge is 2.05. The molecule has 0 saturated heterocycles. The predicted octanol–water partition coefficient (Wildman–Crippen LogP) is 4.62. The minimum Gasteiger partial charge on any atom is -0.481 e. The summed E-state index contributed by atoms with van der Waals surface area (Å²) in [5.74, 6) is -1.44. The van der Waals surface area contributed by atoms with Crippen molar-refractivity contribution in [3.05, 3.63) is 34.9 Å². The highest BCUT2D eigenvalue weighted by atomic mass is 16.4. The van der Waals surface area contributed by atoms with E-state index in [0.29, 0.717) is 0 Å². The van der Waals surface area contributed by atoms with Gasteiger partial charge in [-0.3, -0.25) is 9.59 Å². The molecule has 1 aromatic rings. The zero-order valence-corrected chi connectivity index (χ0v) is 14.7. The third kappa shape index (κ3) is 8.70. The summed E-state index contributed by atoms with van der Waals surface area (Å²) in [6, 6.07) is 6.67. The molecule has 0 saturated carbocycles. The highest BCUT2D eigenvalue weighted by molar-refractivity contribution is 5.66. The molecule has 0 spiro atoms. The van der Waals surface area contributed by atoms with Crippen LogP contribution in [0.25, 0.3) is 0 Å². The monoisotopic (exact) mass is 334 g/mol. The minimum atomic E-state index is -0.718. The average Bonchev–Trinajstić information content (AvgIpc) is 2.54. The van der Waals surface area contributed by atoms with Crippen LogP contribution in [0.1, 0.15) is 75.0 Å². The number of aliphatic carboxylic acids is 2. The summed E-state index contributed by atoms with van der Waals surface area (Å²) >= 11 is 0. The van der Waals surface area contributed by atoms with Crippen molar-refractivity contribution in [2.24, 2.45) is 0 Å². The maximum absolute atomic E-state index is 10.5. The molecule has 0 aliphatic heterocycles. The molecule has 0 atom stereocenters. The van der Waals surface area contributed by atoms with Crippen LogP contribution in [0.15, 0.2) is 18.2 Å². The van der Waals surface area contributed by atoms with E-state index < -0.39 is 11.9 Å². The van der Waals surface area contributed by atoms with E-state index in [1.807, 2.05) is 0 Å². The van der Waals surface area contributed by atoms with Crippen LogP contribution in [-0.2, 0) is 28.9 Å². The van der Waals surface area contributed by atoms with Crippen molar-refractivity contribution >= 4 is 11.9 Å². The van der Waals surface area contributed by atoms with Crippen molar-refractivity contribution in [1.29, 1.82) is 0 Å². The summed E-state index contributed by atoms with van der Waals surface area (Å²) in [4.78, 5) is 21.1. The number of carboxylic acids is 2. The maximum atomic E-state index is 10.5. The summed E-state index contributed by atoms with van der Waals surface area (Å²) in [5, 5.41) is 17.4. The fourth-order valence-electron chi connectivity index (χ4n) is 2.91. The van der Waals surface area contributed by atoms with Gasteiger partial charge in [-0.05, 0) is 61.6 Å². The fraction of sp³-hybridized carbons (Fsp3) is 0.600. The van der Waals surface area contributed by atoms with Gasteiger partial charge >= 0.3 is 11.9 Å². The minimum absolute atomic E-state index is 0.255. The number of hydrogen-bond donors (Lipinski definition) is 2. The maximum Gasteiger partial charge on any atom is 0.303 e. The van der Waals surface area contributed by atoms with Crippen molar-refractivity contribution in [2.45, 2.75) is 77.6 Å². The first-order valence-electron chi connectivity index (χ1n) is 9.07. The lowest BCUT2D eigenvalue weighted by atomic mass is 9.94. The van der Waals surface area contributed by atoms with Gasteiger partial charge in [0.1, 0.15) is 0 Å². The summed E-state index contributed by atoms with van der Waals surface area (Å²) < 4.78 is 0. The molecule has 0 fully saturated rings. The molecule has 0 heterocycles. The van der Waals surface area contributed by atoms with Crippen LogP contribution in [0.2, 0.25) is 0 Å². The van der Waals surface area contributed by atoms with Crippen LogP contribution in [0.4, 0.5) is 0 Å². The van der Waals surface area contributed by atoms with E-state index in [4.69, 9.17) is 10.2 Å². The number of carbonyl (C=O) groups is 2. The van der Waals surface area contributed by atoms with E-state index in [2.05, 4.69) is 25.1 Å². The molecule has 0 radical (unpaired) electrons. The molecule has 0 bridgehead atoms. The van der Waals surface area contributed by atoms with Gasteiger partial charge in [-0.15, -0.1) is 0 Å². The molecule has 134 valence electrons. The van der Waals surface area contributed by atoms with Crippen molar-refractivity contribution in [3.8, 4) is 0 Å². The molecule has 0 aromatic heterocycles. The first-order chi connectivity index (χ1) is 11.5. The molecular formula is C20H30O4. The summed E-state index contributed by atoms with van der Waals surface area (Å²) in [5.41, 5.74) is 4.08. The molecule has 0 aliphatic carbocycles. The SMILES string of the molecule is CCc1ccc(CCCCCC(=O)O)c(CCCCCC(=O)O)c1. The lowest BCUT2D eigenvalue weighted by Gasteiger charge is -2.12. The molecule has 2 N–H and O–H groups in total. The normalized spacial score (nSPS) is 10.7. The van der Waals surface area contributed by atoms with Gasteiger partial charge in [0.15, 0.2) is 0 Å². The van der Waals surface area contributed by atoms with Crippen LogP contribution in [0.3, 0.4) is 0 Å². The topological polar surface area (TPSA) is 74.6 Å². The average molecular weight is 334 g/mol. The lowest BCUT2D eigenvalue weighted by Crippen LogP contribution is -1.99. The van der Waals surface area contributed by atoms with Crippen molar-refractivity contribution < 1.29 is 19.8 Å². The molecule has 0 unspecified atom stereocenters. The third-order valence-electron chi connectivity index (χ3n) is 4.35. The summed E-state index contributed by atoms with van der Waals surface area (Å²) in [7, 11) is 0. The Kier molecular flexibility index (Phi) is 9.81. The van der Waals surface area contributed by atoms with Gasteiger partial charge in [-0.25, -0.2) is 0 Å². The lowest BCUT2D eigenvalue weighted by molar-refractivity contribution is -0.138. The smallest absolute Gasteiger partial charge is 0.303 e. The Hall–Kier alpha value is -1.84. The number of carboxylic acid groups (broad SMARTS) is 2. The largest absolute Gasteiger partial charge is 0.481 e. The third-order valence-corrected chi connectivity index (χ3v) is 4.35. The zero-order chi connectivity index (χ0) is 17.8. The van der Waals surface area contributed by atoms with Crippen LogP contribution in [-0.4, -0.2) is 22.2 Å². The standard InChI is InChI=1S/C20H30O4/c1-2-16-13-14-17(9-5-3-7-11-19(21)22)18(15-16)10-6-4-8-12-20(23)24/h13-15H,2-12H2,1H3,(H,21,22)(H,23,24). The number of hydrogen-bond acceptors (Lipinski definition) is 2.